The van der Waals surface area contributed by atoms with Gasteiger partial charge >= 0.3 is 0 Å². The first-order chi connectivity index (χ1) is 9.62. The summed E-state index contributed by atoms with van der Waals surface area (Å²) in [5, 5.41) is 14.1. The predicted molar refractivity (Wildman–Crippen MR) is 81.8 cm³/mol. The average molecular weight is 278 g/mol. The average Bonchev–Trinajstić information content (AvgIpc) is 2.46. The molecule has 0 aliphatic heterocycles. The molecule has 1 amide bonds. The standard InChI is InChI=1S/C15H26N4O/c1-5-10-16-14-9-8-13(18-19-14)15(20)17-11(4)12(6-2)7-3/h8-9,11-12H,5-7,10H2,1-4H3,(H,16,19)(H,17,20). The van der Waals surface area contributed by atoms with Crippen molar-refractivity contribution in [3.63, 3.8) is 0 Å². The van der Waals surface area contributed by atoms with Gasteiger partial charge in [0.25, 0.3) is 5.91 Å². The Bertz CT molecular complexity index is 401. The van der Waals surface area contributed by atoms with Crippen LogP contribution in [0.25, 0.3) is 0 Å². The molecule has 5 heteroatoms. The summed E-state index contributed by atoms with van der Waals surface area (Å²) >= 11 is 0. The SMILES string of the molecule is CCCNc1ccc(C(=O)NC(C)C(CC)CC)nn1. The number of carbonyl (C=O) groups excluding carboxylic acids is 1. The smallest absolute Gasteiger partial charge is 0.272 e. The Labute approximate surface area is 121 Å². The molecule has 0 bridgehead atoms. The summed E-state index contributed by atoms with van der Waals surface area (Å²) < 4.78 is 0. The molecule has 20 heavy (non-hydrogen) atoms. The molecule has 1 atom stereocenters. The van der Waals surface area contributed by atoms with E-state index < -0.39 is 0 Å². The van der Waals surface area contributed by atoms with Crippen molar-refractivity contribution in [2.45, 2.75) is 53.0 Å². The molecule has 0 fully saturated rings. The number of aromatic nitrogens is 2. The molecule has 0 aliphatic carbocycles. The van der Waals surface area contributed by atoms with Gasteiger partial charge < -0.3 is 10.6 Å². The molecule has 1 rings (SSSR count). The zero-order valence-corrected chi connectivity index (χ0v) is 12.9. The van der Waals surface area contributed by atoms with Gasteiger partial charge in [-0.25, -0.2) is 0 Å². The van der Waals surface area contributed by atoms with E-state index in [4.69, 9.17) is 0 Å². The zero-order valence-electron chi connectivity index (χ0n) is 12.9. The van der Waals surface area contributed by atoms with Crippen molar-refractivity contribution < 1.29 is 4.79 Å². The highest BCUT2D eigenvalue weighted by molar-refractivity contribution is 5.92. The van der Waals surface area contributed by atoms with E-state index in [1.165, 1.54) is 0 Å². The van der Waals surface area contributed by atoms with Crippen LogP contribution >= 0.6 is 0 Å². The molecule has 0 saturated heterocycles. The minimum atomic E-state index is -0.154. The Morgan fingerprint density at radius 1 is 1.20 bits per heavy atom. The van der Waals surface area contributed by atoms with Crippen LogP contribution in [-0.2, 0) is 0 Å². The maximum Gasteiger partial charge on any atom is 0.272 e. The molecular formula is C15H26N4O. The summed E-state index contributed by atoms with van der Waals surface area (Å²) in [6, 6.07) is 3.65. The summed E-state index contributed by atoms with van der Waals surface area (Å²) in [5.41, 5.74) is 0.366. The van der Waals surface area contributed by atoms with Gasteiger partial charge in [-0.2, -0.15) is 0 Å². The van der Waals surface area contributed by atoms with Gasteiger partial charge in [-0.3, -0.25) is 4.79 Å². The molecule has 5 nitrogen and oxygen atoms in total. The van der Waals surface area contributed by atoms with Gasteiger partial charge in [0.2, 0.25) is 0 Å². The van der Waals surface area contributed by atoms with Crippen LogP contribution in [0.5, 0.6) is 0 Å². The second-order valence-electron chi connectivity index (χ2n) is 5.07. The number of hydrogen-bond acceptors (Lipinski definition) is 4. The number of carbonyl (C=O) groups is 1. The largest absolute Gasteiger partial charge is 0.369 e. The van der Waals surface area contributed by atoms with Crippen LogP contribution in [0.2, 0.25) is 0 Å². The Kier molecular flexibility index (Phi) is 6.98. The lowest BCUT2D eigenvalue weighted by atomic mass is 9.95. The van der Waals surface area contributed by atoms with Crippen molar-refractivity contribution >= 4 is 11.7 Å². The fourth-order valence-corrected chi connectivity index (χ4v) is 2.20. The topological polar surface area (TPSA) is 66.9 Å². The highest BCUT2D eigenvalue weighted by Gasteiger charge is 2.17. The molecule has 1 unspecified atom stereocenters. The van der Waals surface area contributed by atoms with Crippen LogP contribution < -0.4 is 10.6 Å². The van der Waals surface area contributed by atoms with Gasteiger partial charge in [-0.15, -0.1) is 10.2 Å². The Morgan fingerprint density at radius 3 is 2.40 bits per heavy atom. The van der Waals surface area contributed by atoms with Gasteiger partial charge in [-0.05, 0) is 31.4 Å². The maximum atomic E-state index is 12.1. The van der Waals surface area contributed by atoms with Crippen molar-refractivity contribution in [1.29, 1.82) is 0 Å². The molecule has 0 radical (unpaired) electrons. The van der Waals surface area contributed by atoms with Gasteiger partial charge in [-0.1, -0.05) is 33.6 Å². The number of nitrogens with zero attached hydrogens (tertiary/aromatic N) is 2. The first-order valence-corrected chi connectivity index (χ1v) is 7.50. The van der Waals surface area contributed by atoms with E-state index in [1.54, 1.807) is 12.1 Å². The predicted octanol–water partition coefficient (Wildman–Crippen LogP) is 2.85. The summed E-state index contributed by atoms with van der Waals surface area (Å²) in [6.07, 6.45) is 3.14. The third kappa shape index (κ3) is 4.79. The second-order valence-corrected chi connectivity index (χ2v) is 5.07. The molecule has 2 N–H and O–H groups in total. The van der Waals surface area contributed by atoms with Crippen LogP contribution in [0.15, 0.2) is 12.1 Å². The van der Waals surface area contributed by atoms with Crippen LogP contribution in [0.3, 0.4) is 0 Å². The third-order valence-corrected chi connectivity index (χ3v) is 3.57. The number of rotatable bonds is 8. The number of hydrogen-bond donors (Lipinski definition) is 2. The Morgan fingerprint density at radius 2 is 1.90 bits per heavy atom. The molecule has 0 spiro atoms. The minimum absolute atomic E-state index is 0.150. The summed E-state index contributed by atoms with van der Waals surface area (Å²) in [5.74, 6) is 1.05. The molecule has 112 valence electrons. The number of anilines is 1. The molecule has 1 aromatic heterocycles. The lowest BCUT2D eigenvalue weighted by molar-refractivity contribution is 0.0919. The molecular weight excluding hydrogens is 252 g/mol. The highest BCUT2D eigenvalue weighted by atomic mass is 16.2. The van der Waals surface area contributed by atoms with Crippen LogP contribution in [0, 0.1) is 5.92 Å². The zero-order chi connectivity index (χ0) is 15.0. The number of amides is 1. The van der Waals surface area contributed by atoms with E-state index in [1.807, 2.05) is 6.92 Å². The van der Waals surface area contributed by atoms with Crippen molar-refractivity contribution in [2.24, 2.45) is 5.92 Å². The van der Waals surface area contributed by atoms with Gasteiger partial charge in [0.1, 0.15) is 5.82 Å². The van der Waals surface area contributed by atoms with Gasteiger partial charge in [0.05, 0.1) is 0 Å². The van der Waals surface area contributed by atoms with E-state index in [0.29, 0.717) is 17.4 Å². The van der Waals surface area contributed by atoms with Crippen LogP contribution in [0.1, 0.15) is 57.4 Å². The van der Waals surface area contributed by atoms with E-state index in [0.717, 1.165) is 25.8 Å². The van der Waals surface area contributed by atoms with E-state index in [-0.39, 0.29) is 11.9 Å². The van der Waals surface area contributed by atoms with Crippen LogP contribution in [-0.4, -0.2) is 28.7 Å². The van der Waals surface area contributed by atoms with Crippen LogP contribution in [0.4, 0.5) is 5.82 Å². The Hall–Kier alpha value is -1.65. The first kappa shape index (κ1) is 16.4. The minimum Gasteiger partial charge on any atom is -0.369 e. The van der Waals surface area contributed by atoms with Gasteiger partial charge in [0.15, 0.2) is 5.69 Å². The Balaban J connectivity index is 2.59. The molecule has 1 aromatic rings. The van der Waals surface area contributed by atoms with E-state index in [2.05, 4.69) is 41.6 Å². The third-order valence-electron chi connectivity index (χ3n) is 3.57. The van der Waals surface area contributed by atoms with Crippen molar-refractivity contribution in [3.05, 3.63) is 17.8 Å². The van der Waals surface area contributed by atoms with Crippen molar-refractivity contribution in [1.82, 2.24) is 15.5 Å². The van der Waals surface area contributed by atoms with Gasteiger partial charge in [0, 0.05) is 12.6 Å². The van der Waals surface area contributed by atoms with E-state index >= 15 is 0 Å². The highest BCUT2D eigenvalue weighted by Crippen LogP contribution is 2.13. The molecule has 0 aromatic carbocycles. The normalized spacial score (nSPS) is 12.2. The quantitative estimate of drug-likeness (QED) is 0.767. The first-order valence-electron chi connectivity index (χ1n) is 7.50. The molecule has 0 aliphatic rings. The maximum absolute atomic E-state index is 12.1. The lowest BCUT2D eigenvalue weighted by Gasteiger charge is -2.22. The number of nitrogens with one attached hydrogen (secondary N) is 2. The van der Waals surface area contributed by atoms with E-state index in [9.17, 15) is 4.79 Å². The fraction of sp³-hybridized carbons (Fsp3) is 0.667. The summed E-state index contributed by atoms with van der Waals surface area (Å²) in [7, 11) is 0. The molecule has 1 heterocycles. The van der Waals surface area contributed by atoms with Crippen molar-refractivity contribution in [3.8, 4) is 0 Å². The molecule has 0 saturated carbocycles. The van der Waals surface area contributed by atoms with Crippen molar-refractivity contribution in [2.75, 3.05) is 11.9 Å². The monoisotopic (exact) mass is 278 g/mol. The fourth-order valence-electron chi connectivity index (χ4n) is 2.20. The summed E-state index contributed by atoms with van der Waals surface area (Å²) in [4.78, 5) is 12.1. The lowest BCUT2D eigenvalue weighted by Crippen LogP contribution is -2.38. The summed E-state index contributed by atoms with van der Waals surface area (Å²) in [6.45, 7) is 9.27. The second kappa shape index (κ2) is 8.51.